The summed E-state index contributed by atoms with van der Waals surface area (Å²) in [6.07, 6.45) is 0. The number of aromatic nitrogens is 2. The van der Waals surface area contributed by atoms with Crippen LogP contribution in [-0.2, 0) is 6.54 Å². The summed E-state index contributed by atoms with van der Waals surface area (Å²) in [4.78, 5) is 15.1. The molecule has 0 saturated heterocycles. The summed E-state index contributed by atoms with van der Waals surface area (Å²) in [5.41, 5.74) is 4.40. The van der Waals surface area contributed by atoms with E-state index in [9.17, 15) is 9.18 Å². The molecule has 1 amide bonds. The number of fused-ring (bicyclic) bond motifs is 1. The Morgan fingerprint density at radius 3 is 2.50 bits per heavy atom. The standard InChI is InChI=1S/C24H17ClFN3O/c25-18-11-9-16(10-12-18)21-20-22(28-27-21)24(30)29(14-15-5-2-1-3-6-15)23(20)17-7-4-8-19(26)13-17/h1-13,23H,14H2,(H,27,28). The molecule has 30 heavy (non-hydrogen) atoms. The first-order chi connectivity index (χ1) is 14.6. The van der Waals surface area contributed by atoms with E-state index in [2.05, 4.69) is 10.2 Å². The van der Waals surface area contributed by atoms with Gasteiger partial charge in [-0.15, -0.1) is 0 Å². The molecule has 0 saturated carbocycles. The van der Waals surface area contributed by atoms with E-state index in [1.807, 2.05) is 48.5 Å². The fourth-order valence-corrected chi connectivity index (χ4v) is 4.12. The normalized spacial score (nSPS) is 15.5. The zero-order valence-corrected chi connectivity index (χ0v) is 16.6. The molecule has 1 aliphatic heterocycles. The SMILES string of the molecule is O=C1c2[nH]nc(-c3ccc(Cl)cc3)c2C(c2cccc(F)c2)N1Cc1ccccc1. The Kier molecular flexibility index (Phi) is 4.60. The van der Waals surface area contributed by atoms with Gasteiger partial charge in [0.25, 0.3) is 5.91 Å². The van der Waals surface area contributed by atoms with Crippen LogP contribution in [0.4, 0.5) is 4.39 Å². The summed E-state index contributed by atoms with van der Waals surface area (Å²) >= 11 is 6.04. The van der Waals surface area contributed by atoms with Gasteiger partial charge in [-0.1, -0.05) is 66.2 Å². The number of halogens is 2. The van der Waals surface area contributed by atoms with Crippen LogP contribution in [0.2, 0.25) is 5.02 Å². The predicted octanol–water partition coefficient (Wildman–Crippen LogP) is 5.61. The van der Waals surface area contributed by atoms with Gasteiger partial charge in [0.15, 0.2) is 0 Å². The highest BCUT2D eigenvalue weighted by Crippen LogP contribution is 2.43. The molecule has 1 aromatic heterocycles. The van der Waals surface area contributed by atoms with E-state index < -0.39 is 6.04 Å². The van der Waals surface area contributed by atoms with E-state index >= 15 is 0 Å². The van der Waals surface area contributed by atoms with Crippen molar-refractivity contribution in [3.05, 3.63) is 112 Å². The van der Waals surface area contributed by atoms with Crippen LogP contribution in [0.1, 0.15) is 33.2 Å². The van der Waals surface area contributed by atoms with Crippen molar-refractivity contribution in [1.29, 1.82) is 0 Å². The highest BCUT2D eigenvalue weighted by atomic mass is 35.5. The van der Waals surface area contributed by atoms with E-state index in [-0.39, 0.29) is 11.7 Å². The molecule has 0 aliphatic carbocycles. The van der Waals surface area contributed by atoms with E-state index in [1.54, 1.807) is 23.1 Å². The Morgan fingerprint density at radius 2 is 1.77 bits per heavy atom. The van der Waals surface area contributed by atoms with Crippen LogP contribution in [0.3, 0.4) is 0 Å². The highest BCUT2D eigenvalue weighted by Gasteiger charge is 2.42. The number of carbonyl (C=O) groups excluding carboxylic acids is 1. The zero-order valence-electron chi connectivity index (χ0n) is 15.8. The van der Waals surface area contributed by atoms with Crippen molar-refractivity contribution in [3.63, 3.8) is 0 Å². The van der Waals surface area contributed by atoms with Gasteiger partial charge in [0.2, 0.25) is 0 Å². The topological polar surface area (TPSA) is 49.0 Å². The van der Waals surface area contributed by atoms with E-state index in [0.717, 1.165) is 16.7 Å². The molecule has 6 heteroatoms. The third-order valence-electron chi connectivity index (χ3n) is 5.34. The summed E-state index contributed by atoms with van der Waals surface area (Å²) in [5.74, 6) is -0.500. The first-order valence-electron chi connectivity index (χ1n) is 9.56. The smallest absolute Gasteiger partial charge is 0.273 e. The highest BCUT2D eigenvalue weighted by molar-refractivity contribution is 6.30. The summed E-state index contributed by atoms with van der Waals surface area (Å²) in [5, 5.41) is 7.95. The molecule has 1 aliphatic rings. The maximum absolute atomic E-state index is 14.1. The van der Waals surface area contributed by atoms with Crippen molar-refractivity contribution in [2.45, 2.75) is 12.6 Å². The number of hydrogen-bond acceptors (Lipinski definition) is 2. The number of nitrogens with zero attached hydrogens (tertiary/aromatic N) is 2. The van der Waals surface area contributed by atoms with Gasteiger partial charge in [0.05, 0.1) is 11.7 Å². The molecule has 2 heterocycles. The second-order valence-corrected chi connectivity index (χ2v) is 7.68. The lowest BCUT2D eigenvalue weighted by molar-refractivity contribution is 0.0730. The summed E-state index contributed by atoms with van der Waals surface area (Å²) < 4.78 is 14.1. The average molecular weight is 418 g/mol. The molecule has 148 valence electrons. The lowest BCUT2D eigenvalue weighted by atomic mass is 9.96. The number of carbonyl (C=O) groups is 1. The molecule has 4 nitrogen and oxygen atoms in total. The monoisotopic (exact) mass is 417 g/mol. The van der Waals surface area contributed by atoms with Crippen molar-refractivity contribution >= 4 is 17.5 Å². The number of nitrogens with one attached hydrogen (secondary N) is 1. The lowest BCUT2D eigenvalue weighted by Crippen LogP contribution is -2.29. The van der Waals surface area contributed by atoms with E-state index in [4.69, 9.17) is 11.6 Å². The van der Waals surface area contributed by atoms with Crippen molar-refractivity contribution in [1.82, 2.24) is 15.1 Å². The Labute approximate surface area is 177 Å². The molecule has 4 aromatic rings. The molecule has 1 atom stereocenters. The minimum Gasteiger partial charge on any atom is -0.322 e. The zero-order chi connectivity index (χ0) is 20.7. The van der Waals surface area contributed by atoms with Crippen molar-refractivity contribution in [3.8, 4) is 11.3 Å². The Hall–Kier alpha value is -3.44. The second-order valence-electron chi connectivity index (χ2n) is 7.24. The molecule has 0 radical (unpaired) electrons. The molecular formula is C24H17ClFN3O. The number of aromatic amines is 1. The largest absolute Gasteiger partial charge is 0.322 e. The average Bonchev–Trinajstić information content (AvgIpc) is 3.29. The fourth-order valence-electron chi connectivity index (χ4n) is 3.99. The van der Waals surface area contributed by atoms with Gasteiger partial charge in [0.1, 0.15) is 11.5 Å². The Morgan fingerprint density at radius 1 is 1.00 bits per heavy atom. The summed E-state index contributed by atoms with van der Waals surface area (Å²) in [7, 11) is 0. The fraction of sp³-hybridized carbons (Fsp3) is 0.0833. The number of H-pyrrole nitrogens is 1. The summed E-state index contributed by atoms with van der Waals surface area (Å²) in [6.45, 7) is 0.406. The van der Waals surface area contributed by atoms with Crippen molar-refractivity contribution < 1.29 is 9.18 Å². The maximum Gasteiger partial charge on any atom is 0.273 e. The van der Waals surface area contributed by atoms with Gasteiger partial charge in [-0.25, -0.2) is 4.39 Å². The number of hydrogen-bond donors (Lipinski definition) is 1. The number of benzene rings is 3. The third kappa shape index (κ3) is 3.17. The summed E-state index contributed by atoms with van der Waals surface area (Å²) in [6, 6.07) is 23.0. The molecule has 0 fully saturated rings. The first kappa shape index (κ1) is 18.6. The third-order valence-corrected chi connectivity index (χ3v) is 5.59. The number of amides is 1. The minimum atomic E-state index is -0.451. The Balaban J connectivity index is 1.66. The van der Waals surface area contributed by atoms with Crippen molar-refractivity contribution in [2.24, 2.45) is 0 Å². The molecule has 0 bridgehead atoms. The second kappa shape index (κ2) is 7.43. The Bertz CT molecular complexity index is 1220. The van der Waals surface area contributed by atoms with Crippen LogP contribution in [0, 0.1) is 5.82 Å². The number of rotatable bonds is 4. The van der Waals surface area contributed by atoms with Crippen LogP contribution in [0.5, 0.6) is 0 Å². The minimum absolute atomic E-state index is 0.157. The van der Waals surface area contributed by atoms with Crippen LogP contribution < -0.4 is 0 Å². The molecular weight excluding hydrogens is 401 g/mol. The molecule has 0 spiro atoms. The van der Waals surface area contributed by atoms with Gasteiger partial charge < -0.3 is 4.90 Å². The van der Waals surface area contributed by atoms with Crippen LogP contribution in [0.15, 0.2) is 78.9 Å². The van der Waals surface area contributed by atoms with Crippen LogP contribution in [-0.4, -0.2) is 21.0 Å². The van der Waals surface area contributed by atoms with E-state index in [0.29, 0.717) is 28.5 Å². The van der Waals surface area contributed by atoms with Crippen LogP contribution in [0.25, 0.3) is 11.3 Å². The van der Waals surface area contributed by atoms with Gasteiger partial charge in [-0.3, -0.25) is 9.89 Å². The van der Waals surface area contributed by atoms with E-state index in [1.165, 1.54) is 12.1 Å². The van der Waals surface area contributed by atoms with Gasteiger partial charge >= 0.3 is 0 Å². The predicted molar refractivity (Wildman–Crippen MR) is 114 cm³/mol. The van der Waals surface area contributed by atoms with Crippen LogP contribution >= 0.6 is 11.6 Å². The maximum atomic E-state index is 14.1. The first-order valence-corrected chi connectivity index (χ1v) is 9.94. The van der Waals surface area contributed by atoms with Crippen molar-refractivity contribution in [2.75, 3.05) is 0 Å². The van der Waals surface area contributed by atoms with Gasteiger partial charge in [0, 0.05) is 22.7 Å². The lowest BCUT2D eigenvalue weighted by Gasteiger charge is -2.26. The van der Waals surface area contributed by atoms with Gasteiger partial charge in [-0.05, 0) is 35.4 Å². The molecule has 5 rings (SSSR count). The van der Waals surface area contributed by atoms with Gasteiger partial charge in [-0.2, -0.15) is 5.10 Å². The molecule has 1 unspecified atom stereocenters. The molecule has 1 N–H and O–H groups in total. The quantitative estimate of drug-likeness (QED) is 0.469. The molecule has 3 aromatic carbocycles.